The minimum Gasteiger partial charge on any atom is -0.368 e. The average molecular weight is 429 g/mol. The van der Waals surface area contributed by atoms with Gasteiger partial charge in [0, 0.05) is 11.1 Å². The molecular formula is C28H38F2O. The van der Waals surface area contributed by atoms with Gasteiger partial charge in [-0.25, -0.2) is 8.78 Å². The van der Waals surface area contributed by atoms with Crippen LogP contribution in [0.2, 0.25) is 0 Å². The molecule has 170 valence electrons. The molecular weight excluding hydrogens is 390 g/mol. The summed E-state index contributed by atoms with van der Waals surface area (Å²) >= 11 is 0. The zero-order chi connectivity index (χ0) is 21.6. The van der Waals surface area contributed by atoms with Gasteiger partial charge in [-0.1, -0.05) is 56.5 Å². The van der Waals surface area contributed by atoms with Gasteiger partial charge in [-0.05, 0) is 81.1 Å². The Labute approximate surface area is 187 Å². The zero-order valence-corrected chi connectivity index (χ0v) is 19.1. The van der Waals surface area contributed by atoms with Gasteiger partial charge in [-0.2, -0.15) is 0 Å². The Balaban J connectivity index is 1.25. The smallest absolute Gasteiger partial charge is 0.166 e. The molecule has 0 aromatic heterocycles. The van der Waals surface area contributed by atoms with E-state index in [9.17, 15) is 8.78 Å². The quantitative estimate of drug-likeness (QED) is 0.218. The Hall–Kier alpha value is -1.48. The molecule has 2 fully saturated rings. The summed E-state index contributed by atoms with van der Waals surface area (Å²) in [4.78, 5) is 0. The van der Waals surface area contributed by atoms with E-state index in [0.717, 1.165) is 36.7 Å². The largest absolute Gasteiger partial charge is 0.368 e. The zero-order valence-electron chi connectivity index (χ0n) is 19.1. The molecule has 3 aliphatic rings. The van der Waals surface area contributed by atoms with Crippen LogP contribution in [0.25, 0.3) is 5.57 Å². The molecule has 0 bridgehead atoms. The molecule has 0 amide bonds. The Morgan fingerprint density at radius 2 is 1.77 bits per heavy atom. The first-order valence-corrected chi connectivity index (χ1v) is 12.6. The van der Waals surface area contributed by atoms with E-state index < -0.39 is 11.6 Å². The van der Waals surface area contributed by atoms with Crippen LogP contribution in [-0.4, -0.2) is 6.61 Å². The fourth-order valence-corrected chi connectivity index (χ4v) is 5.60. The summed E-state index contributed by atoms with van der Waals surface area (Å²) in [5.41, 5.74) is 1.80. The Morgan fingerprint density at radius 3 is 2.45 bits per heavy atom. The maximum absolute atomic E-state index is 14.6. The molecule has 1 heterocycles. The van der Waals surface area contributed by atoms with Gasteiger partial charge < -0.3 is 4.74 Å². The van der Waals surface area contributed by atoms with Crippen LogP contribution in [0.15, 0.2) is 30.4 Å². The Kier molecular flexibility index (Phi) is 7.98. The van der Waals surface area contributed by atoms with Crippen LogP contribution in [0.5, 0.6) is 0 Å². The number of allylic oxidation sites excluding steroid dienone is 4. The third kappa shape index (κ3) is 5.86. The molecule has 3 heteroatoms. The maximum Gasteiger partial charge on any atom is 0.166 e. The molecule has 2 unspecified atom stereocenters. The van der Waals surface area contributed by atoms with Crippen LogP contribution in [0, 0.1) is 29.4 Å². The minimum atomic E-state index is -0.722. The van der Waals surface area contributed by atoms with E-state index in [1.165, 1.54) is 57.8 Å². The van der Waals surface area contributed by atoms with Crippen molar-refractivity contribution in [3.8, 4) is 0 Å². The summed E-state index contributed by atoms with van der Waals surface area (Å²) < 4.78 is 34.2. The average Bonchev–Trinajstić information content (AvgIpc) is 3.64. The van der Waals surface area contributed by atoms with Gasteiger partial charge in [0.1, 0.15) is 6.10 Å². The van der Waals surface area contributed by atoms with Gasteiger partial charge in [0.05, 0.1) is 6.61 Å². The van der Waals surface area contributed by atoms with Crippen molar-refractivity contribution >= 4 is 5.57 Å². The van der Waals surface area contributed by atoms with Crippen molar-refractivity contribution in [3.05, 3.63) is 53.1 Å². The third-order valence-corrected chi connectivity index (χ3v) is 7.71. The lowest BCUT2D eigenvalue weighted by Gasteiger charge is -2.35. The first kappa shape index (κ1) is 22.7. The predicted octanol–water partition coefficient (Wildman–Crippen LogP) is 8.55. The monoisotopic (exact) mass is 428 g/mol. The first-order chi connectivity index (χ1) is 15.2. The van der Waals surface area contributed by atoms with Crippen LogP contribution in [0.1, 0.15) is 101 Å². The molecule has 0 spiro atoms. The van der Waals surface area contributed by atoms with E-state index >= 15 is 0 Å². The standard InChI is InChI=1S/C28H38F2O/c1-2-3-4-5-6-7-8-20-9-11-21(12-10-20)22-13-15-23(16-14-22)24-17-18-25(26-19-31-26)28(30)27(24)29/h7-8,15,17-18,20-22,26H,2-6,9-14,16,19H2,1H3/b8-7+. The fraction of sp³-hybridized carbons (Fsp3) is 0.643. The molecule has 1 saturated heterocycles. The van der Waals surface area contributed by atoms with E-state index in [1.807, 2.05) is 0 Å². The molecule has 1 nitrogen and oxygen atoms in total. The van der Waals surface area contributed by atoms with Crippen molar-refractivity contribution < 1.29 is 13.5 Å². The van der Waals surface area contributed by atoms with Crippen molar-refractivity contribution in [2.45, 2.75) is 90.1 Å². The van der Waals surface area contributed by atoms with E-state index in [4.69, 9.17) is 4.74 Å². The summed E-state index contributed by atoms with van der Waals surface area (Å²) in [7, 11) is 0. The Bertz CT molecular complexity index is 784. The topological polar surface area (TPSA) is 12.5 Å². The number of unbranched alkanes of at least 4 members (excludes halogenated alkanes) is 4. The highest BCUT2D eigenvalue weighted by Gasteiger charge is 2.32. The van der Waals surface area contributed by atoms with Crippen LogP contribution in [-0.2, 0) is 4.74 Å². The Morgan fingerprint density at radius 1 is 0.968 bits per heavy atom. The fourth-order valence-electron chi connectivity index (χ4n) is 5.60. The van der Waals surface area contributed by atoms with Gasteiger partial charge in [-0.15, -0.1) is 0 Å². The molecule has 2 aliphatic carbocycles. The summed E-state index contributed by atoms with van der Waals surface area (Å²) in [6.07, 6.45) is 21.7. The lowest BCUT2D eigenvalue weighted by Crippen LogP contribution is -2.22. The molecule has 0 N–H and O–H groups in total. The van der Waals surface area contributed by atoms with Gasteiger partial charge in [0.15, 0.2) is 11.6 Å². The van der Waals surface area contributed by atoms with Crippen LogP contribution in [0.4, 0.5) is 8.78 Å². The van der Waals surface area contributed by atoms with E-state index in [2.05, 4.69) is 25.2 Å². The van der Waals surface area contributed by atoms with Gasteiger partial charge in [0.25, 0.3) is 0 Å². The lowest BCUT2D eigenvalue weighted by atomic mass is 9.71. The van der Waals surface area contributed by atoms with Crippen molar-refractivity contribution in [1.29, 1.82) is 0 Å². The van der Waals surface area contributed by atoms with Crippen LogP contribution < -0.4 is 0 Å². The second-order valence-corrected chi connectivity index (χ2v) is 9.87. The first-order valence-electron chi connectivity index (χ1n) is 12.6. The van der Waals surface area contributed by atoms with E-state index in [-0.39, 0.29) is 6.10 Å². The molecule has 1 aliphatic heterocycles. The third-order valence-electron chi connectivity index (χ3n) is 7.71. The highest BCUT2D eigenvalue weighted by Crippen LogP contribution is 2.42. The minimum absolute atomic E-state index is 0.251. The summed E-state index contributed by atoms with van der Waals surface area (Å²) in [6.45, 7) is 2.76. The van der Waals surface area contributed by atoms with Crippen LogP contribution >= 0.6 is 0 Å². The number of rotatable bonds is 9. The molecule has 1 aromatic carbocycles. The van der Waals surface area contributed by atoms with Crippen molar-refractivity contribution in [1.82, 2.24) is 0 Å². The maximum atomic E-state index is 14.6. The van der Waals surface area contributed by atoms with Crippen molar-refractivity contribution in [3.63, 3.8) is 0 Å². The summed E-state index contributed by atoms with van der Waals surface area (Å²) in [5, 5.41) is 0. The highest BCUT2D eigenvalue weighted by atomic mass is 19.2. The van der Waals surface area contributed by atoms with Gasteiger partial charge in [-0.3, -0.25) is 0 Å². The van der Waals surface area contributed by atoms with E-state index in [1.54, 1.807) is 12.1 Å². The highest BCUT2D eigenvalue weighted by molar-refractivity contribution is 5.67. The van der Waals surface area contributed by atoms with Gasteiger partial charge in [0.2, 0.25) is 0 Å². The van der Waals surface area contributed by atoms with E-state index in [0.29, 0.717) is 23.7 Å². The summed E-state index contributed by atoms with van der Waals surface area (Å²) in [5.74, 6) is 0.848. The lowest BCUT2D eigenvalue weighted by molar-refractivity contribution is 0.212. The second-order valence-electron chi connectivity index (χ2n) is 9.87. The normalized spacial score (nSPS) is 28.7. The van der Waals surface area contributed by atoms with Crippen molar-refractivity contribution in [2.75, 3.05) is 6.61 Å². The molecule has 1 saturated carbocycles. The van der Waals surface area contributed by atoms with Crippen molar-refractivity contribution in [2.24, 2.45) is 17.8 Å². The predicted molar refractivity (Wildman–Crippen MR) is 124 cm³/mol. The number of benzene rings is 1. The SMILES string of the molecule is CCCCCC/C=C/C1CCC(C2CC=C(c3ccc(C4CO4)c(F)c3F)CC2)CC1. The molecule has 4 rings (SSSR count). The number of epoxide rings is 1. The molecule has 31 heavy (non-hydrogen) atoms. The summed E-state index contributed by atoms with van der Waals surface area (Å²) in [6, 6.07) is 3.46. The van der Waals surface area contributed by atoms with Crippen LogP contribution in [0.3, 0.4) is 0 Å². The number of halogens is 2. The molecule has 0 radical (unpaired) electrons. The second kappa shape index (κ2) is 10.9. The number of hydrogen-bond donors (Lipinski definition) is 0. The number of hydrogen-bond acceptors (Lipinski definition) is 1. The number of ether oxygens (including phenoxy) is 1. The van der Waals surface area contributed by atoms with Gasteiger partial charge >= 0.3 is 0 Å². The molecule has 2 atom stereocenters. The molecule has 1 aromatic rings.